The summed E-state index contributed by atoms with van der Waals surface area (Å²) in [6.07, 6.45) is 14.7. The van der Waals surface area contributed by atoms with E-state index in [0.29, 0.717) is 0 Å². The van der Waals surface area contributed by atoms with E-state index in [-0.39, 0.29) is 0 Å². The average molecular weight is 251 g/mol. The fourth-order valence-corrected chi connectivity index (χ4v) is 3.96. The molecule has 2 fully saturated rings. The summed E-state index contributed by atoms with van der Waals surface area (Å²) in [4.78, 5) is 0. The van der Waals surface area contributed by atoms with Gasteiger partial charge in [0.05, 0.1) is 0 Å². The number of hydrogen-bond acceptors (Lipinski definition) is 1. The fourth-order valence-electron chi connectivity index (χ4n) is 3.96. The van der Waals surface area contributed by atoms with Crippen molar-refractivity contribution in [3.8, 4) is 0 Å². The van der Waals surface area contributed by atoms with Crippen LogP contribution >= 0.6 is 0 Å². The third-order valence-electron chi connectivity index (χ3n) is 5.42. The first-order chi connectivity index (χ1) is 8.75. The van der Waals surface area contributed by atoms with Crippen LogP contribution in [0.1, 0.15) is 78.1 Å². The molecular weight excluding hydrogens is 218 g/mol. The summed E-state index contributed by atoms with van der Waals surface area (Å²) in [6.45, 7) is 6.06. The highest BCUT2D eigenvalue weighted by Crippen LogP contribution is 2.30. The number of nitrogens with one attached hydrogen (secondary N) is 1. The zero-order valence-corrected chi connectivity index (χ0v) is 12.6. The molecule has 0 radical (unpaired) electrons. The van der Waals surface area contributed by atoms with Crippen LogP contribution in [0, 0.1) is 17.8 Å². The zero-order chi connectivity index (χ0) is 12.8. The molecule has 0 heterocycles. The van der Waals surface area contributed by atoms with Gasteiger partial charge in [0, 0.05) is 6.04 Å². The molecule has 0 aliphatic heterocycles. The van der Waals surface area contributed by atoms with Crippen LogP contribution in [0.4, 0.5) is 0 Å². The summed E-state index contributed by atoms with van der Waals surface area (Å²) in [5.41, 5.74) is 0. The summed E-state index contributed by atoms with van der Waals surface area (Å²) in [6, 6.07) is 0.837. The van der Waals surface area contributed by atoms with E-state index < -0.39 is 0 Å². The molecule has 0 aromatic heterocycles. The Kier molecular flexibility index (Phi) is 6.01. The van der Waals surface area contributed by atoms with E-state index in [9.17, 15) is 0 Å². The van der Waals surface area contributed by atoms with Crippen molar-refractivity contribution in [1.82, 2.24) is 5.32 Å². The molecule has 2 rings (SSSR count). The predicted molar refractivity (Wildman–Crippen MR) is 79.8 cm³/mol. The maximum atomic E-state index is 3.83. The molecule has 0 atom stereocenters. The standard InChI is InChI=1S/C17H33N/c1-14(2)16-8-10-17(11-9-16)18-13-12-15-6-4-3-5-7-15/h14-18H,3-13H2,1-2H3. The molecule has 0 amide bonds. The van der Waals surface area contributed by atoms with E-state index in [4.69, 9.17) is 0 Å². The van der Waals surface area contributed by atoms with E-state index >= 15 is 0 Å². The van der Waals surface area contributed by atoms with Gasteiger partial charge in [-0.25, -0.2) is 0 Å². The predicted octanol–water partition coefficient (Wildman–Crippen LogP) is 4.76. The largest absolute Gasteiger partial charge is 0.314 e. The van der Waals surface area contributed by atoms with Crippen molar-refractivity contribution in [2.75, 3.05) is 6.54 Å². The summed E-state index contributed by atoms with van der Waals surface area (Å²) < 4.78 is 0. The topological polar surface area (TPSA) is 12.0 Å². The van der Waals surface area contributed by atoms with E-state index in [1.165, 1.54) is 70.8 Å². The van der Waals surface area contributed by atoms with E-state index in [2.05, 4.69) is 19.2 Å². The lowest BCUT2D eigenvalue weighted by molar-refractivity contribution is 0.234. The van der Waals surface area contributed by atoms with E-state index in [1.54, 1.807) is 0 Å². The third kappa shape index (κ3) is 4.57. The fraction of sp³-hybridized carbons (Fsp3) is 1.00. The Bertz CT molecular complexity index is 210. The summed E-state index contributed by atoms with van der Waals surface area (Å²) >= 11 is 0. The smallest absolute Gasteiger partial charge is 0.00672 e. The van der Waals surface area contributed by atoms with Crippen molar-refractivity contribution < 1.29 is 0 Å². The molecule has 2 saturated carbocycles. The van der Waals surface area contributed by atoms with Gasteiger partial charge in [0.2, 0.25) is 0 Å². The summed E-state index contributed by atoms with van der Waals surface area (Å²) in [7, 11) is 0. The van der Waals surface area contributed by atoms with Gasteiger partial charge < -0.3 is 5.32 Å². The lowest BCUT2D eigenvalue weighted by Gasteiger charge is -2.32. The Morgan fingerprint density at radius 1 is 0.889 bits per heavy atom. The Morgan fingerprint density at radius 2 is 1.56 bits per heavy atom. The van der Waals surface area contributed by atoms with Crippen molar-refractivity contribution in [3.63, 3.8) is 0 Å². The van der Waals surface area contributed by atoms with Gasteiger partial charge in [-0.05, 0) is 56.4 Å². The first kappa shape index (κ1) is 14.4. The highest BCUT2D eigenvalue weighted by molar-refractivity contribution is 4.79. The average Bonchev–Trinajstić information content (AvgIpc) is 2.40. The molecule has 0 aromatic carbocycles. The maximum Gasteiger partial charge on any atom is 0.00672 e. The van der Waals surface area contributed by atoms with Crippen LogP contribution in [0.3, 0.4) is 0 Å². The Morgan fingerprint density at radius 3 is 2.17 bits per heavy atom. The van der Waals surface area contributed by atoms with E-state index in [1.807, 2.05) is 0 Å². The second-order valence-electron chi connectivity index (χ2n) is 7.10. The first-order valence-electron chi connectivity index (χ1n) is 8.49. The monoisotopic (exact) mass is 251 g/mol. The zero-order valence-electron chi connectivity index (χ0n) is 12.6. The highest BCUT2D eigenvalue weighted by atomic mass is 14.9. The van der Waals surface area contributed by atoms with Gasteiger partial charge in [-0.3, -0.25) is 0 Å². The summed E-state index contributed by atoms with van der Waals surface area (Å²) in [5, 5.41) is 3.83. The van der Waals surface area contributed by atoms with Gasteiger partial charge in [-0.1, -0.05) is 46.0 Å². The van der Waals surface area contributed by atoms with Gasteiger partial charge in [-0.15, -0.1) is 0 Å². The second-order valence-corrected chi connectivity index (χ2v) is 7.10. The molecule has 0 spiro atoms. The Balaban J connectivity index is 1.55. The van der Waals surface area contributed by atoms with Crippen LogP contribution in [-0.2, 0) is 0 Å². The van der Waals surface area contributed by atoms with Gasteiger partial charge >= 0.3 is 0 Å². The van der Waals surface area contributed by atoms with Crippen molar-refractivity contribution in [2.45, 2.75) is 84.1 Å². The van der Waals surface area contributed by atoms with Crippen LogP contribution in [0.2, 0.25) is 0 Å². The molecule has 106 valence electrons. The first-order valence-corrected chi connectivity index (χ1v) is 8.49. The molecule has 1 nitrogen and oxygen atoms in total. The molecule has 2 aliphatic rings. The van der Waals surface area contributed by atoms with Crippen LogP contribution in [0.25, 0.3) is 0 Å². The maximum absolute atomic E-state index is 3.83. The number of rotatable bonds is 5. The molecule has 0 unspecified atom stereocenters. The molecule has 0 saturated heterocycles. The molecular formula is C17H33N. The quantitative estimate of drug-likeness (QED) is 0.743. The van der Waals surface area contributed by atoms with Gasteiger partial charge in [-0.2, -0.15) is 0 Å². The van der Waals surface area contributed by atoms with Crippen molar-refractivity contribution in [1.29, 1.82) is 0 Å². The van der Waals surface area contributed by atoms with Crippen LogP contribution in [-0.4, -0.2) is 12.6 Å². The van der Waals surface area contributed by atoms with Crippen molar-refractivity contribution in [3.05, 3.63) is 0 Å². The van der Waals surface area contributed by atoms with Gasteiger partial charge in [0.1, 0.15) is 0 Å². The van der Waals surface area contributed by atoms with Gasteiger partial charge in [0.25, 0.3) is 0 Å². The lowest BCUT2D eigenvalue weighted by Crippen LogP contribution is -2.35. The van der Waals surface area contributed by atoms with Crippen LogP contribution in [0.5, 0.6) is 0 Å². The second kappa shape index (κ2) is 7.53. The molecule has 0 bridgehead atoms. The molecule has 0 aromatic rings. The highest BCUT2D eigenvalue weighted by Gasteiger charge is 2.23. The summed E-state index contributed by atoms with van der Waals surface area (Å²) in [5.74, 6) is 2.94. The molecule has 2 aliphatic carbocycles. The van der Waals surface area contributed by atoms with Crippen molar-refractivity contribution in [2.24, 2.45) is 17.8 Å². The molecule has 1 heteroatoms. The Labute approximate surface area is 114 Å². The number of hydrogen-bond donors (Lipinski definition) is 1. The van der Waals surface area contributed by atoms with Gasteiger partial charge in [0.15, 0.2) is 0 Å². The third-order valence-corrected chi connectivity index (χ3v) is 5.42. The normalized spacial score (nSPS) is 30.8. The van der Waals surface area contributed by atoms with E-state index in [0.717, 1.165) is 23.8 Å². The Hall–Kier alpha value is -0.0400. The SMILES string of the molecule is CC(C)C1CCC(NCCC2CCCCC2)CC1. The molecule has 1 N–H and O–H groups in total. The minimum absolute atomic E-state index is 0.837. The minimum atomic E-state index is 0.837. The molecule has 18 heavy (non-hydrogen) atoms. The van der Waals surface area contributed by atoms with Crippen LogP contribution < -0.4 is 5.32 Å². The van der Waals surface area contributed by atoms with Crippen LogP contribution in [0.15, 0.2) is 0 Å². The van der Waals surface area contributed by atoms with Crippen molar-refractivity contribution >= 4 is 0 Å². The minimum Gasteiger partial charge on any atom is -0.314 e. The lowest BCUT2D eigenvalue weighted by atomic mass is 9.79.